The monoisotopic (exact) mass is 488 g/mol. The van der Waals surface area contributed by atoms with Gasteiger partial charge in [-0.2, -0.15) is 0 Å². The zero-order chi connectivity index (χ0) is 25.6. The van der Waals surface area contributed by atoms with Crippen molar-refractivity contribution in [2.45, 2.75) is 137 Å². The molecule has 0 N–H and O–H groups in total. The van der Waals surface area contributed by atoms with E-state index in [1.807, 2.05) is 0 Å². The molecular formula is C31H52O4. The van der Waals surface area contributed by atoms with Gasteiger partial charge in [0.1, 0.15) is 6.10 Å². The first-order valence-corrected chi connectivity index (χ1v) is 14.8. The highest BCUT2D eigenvalue weighted by molar-refractivity contribution is 5.68. The van der Waals surface area contributed by atoms with Crippen LogP contribution in [-0.2, 0) is 19.1 Å². The third-order valence-corrected chi connectivity index (χ3v) is 11.6. The van der Waals surface area contributed by atoms with Crippen LogP contribution >= 0.6 is 0 Å². The van der Waals surface area contributed by atoms with E-state index in [2.05, 4.69) is 34.6 Å². The molecule has 0 aromatic carbocycles. The second-order valence-electron chi connectivity index (χ2n) is 13.8. The van der Waals surface area contributed by atoms with Gasteiger partial charge in [-0.3, -0.25) is 9.59 Å². The van der Waals surface area contributed by atoms with E-state index in [1.54, 1.807) is 0 Å². The van der Waals surface area contributed by atoms with Gasteiger partial charge in [0, 0.05) is 19.3 Å². The Balaban J connectivity index is 1.58. The summed E-state index contributed by atoms with van der Waals surface area (Å²) in [5.74, 6) is 3.99. The molecule has 4 aliphatic rings. The predicted octanol–water partition coefficient (Wildman–Crippen LogP) is 7.73. The van der Waals surface area contributed by atoms with Crippen molar-refractivity contribution in [1.29, 1.82) is 0 Å². The highest BCUT2D eigenvalue weighted by atomic mass is 16.6. The summed E-state index contributed by atoms with van der Waals surface area (Å²) in [6.45, 7) is 15.2. The van der Waals surface area contributed by atoms with Gasteiger partial charge in [-0.05, 0) is 98.7 Å². The standard InChI is InChI=1S/C31H52O4/c1-20(2)10-8-11-21(3)25-13-14-26-24-15-19-31(35-23(5)33)28(34-22(4)32)12-9-17-30(31,7)27(24)16-18-29(25,26)6/h20-21,24-28H,8-19H2,1-7H3/t21-,24+,25-,26+,27+,28+,29-,30-,31-/m1/s1. The summed E-state index contributed by atoms with van der Waals surface area (Å²) in [7, 11) is 0. The number of rotatable bonds is 7. The van der Waals surface area contributed by atoms with Crippen molar-refractivity contribution in [3.05, 3.63) is 0 Å². The lowest BCUT2D eigenvalue weighted by molar-refractivity contribution is -0.263. The number of esters is 2. The molecule has 0 heterocycles. The molecular weight excluding hydrogens is 436 g/mol. The maximum atomic E-state index is 12.4. The van der Waals surface area contributed by atoms with E-state index in [1.165, 1.54) is 58.8 Å². The molecule has 0 radical (unpaired) electrons. The average molecular weight is 489 g/mol. The van der Waals surface area contributed by atoms with E-state index >= 15 is 0 Å². The van der Waals surface area contributed by atoms with Crippen LogP contribution in [0.15, 0.2) is 0 Å². The molecule has 4 aliphatic carbocycles. The van der Waals surface area contributed by atoms with E-state index in [4.69, 9.17) is 9.47 Å². The van der Waals surface area contributed by atoms with Crippen molar-refractivity contribution in [2.24, 2.45) is 46.3 Å². The largest absolute Gasteiger partial charge is 0.458 e. The number of ether oxygens (including phenoxy) is 2. The molecule has 0 aromatic rings. The van der Waals surface area contributed by atoms with Crippen LogP contribution in [0.4, 0.5) is 0 Å². The average Bonchev–Trinajstić information content (AvgIpc) is 3.11. The maximum Gasteiger partial charge on any atom is 0.303 e. The lowest BCUT2D eigenvalue weighted by Crippen LogP contribution is -2.68. The molecule has 0 spiro atoms. The Morgan fingerprint density at radius 1 is 0.857 bits per heavy atom. The summed E-state index contributed by atoms with van der Waals surface area (Å²) in [6.07, 6.45) is 13.9. The fourth-order valence-corrected chi connectivity index (χ4v) is 10.1. The third-order valence-electron chi connectivity index (χ3n) is 11.6. The first-order chi connectivity index (χ1) is 16.4. The molecule has 0 saturated heterocycles. The van der Waals surface area contributed by atoms with Gasteiger partial charge in [-0.25, -0.2) is 0 Å². The molecule has 0 aliphatic heterocycles. The van der Waals surface area contributed by atoms with Gasteiger partial charge < -0.3 is 9.47 Å². The number of carbonyl (C=O) groups is 2. The van der Waals surface area contributed by atoms with Gasteiger partial charge in [-0.15, -0.1) is 0 Å². The Morgan fingerprint density at radius 2 is 1.60 bits per heavy atom. The van der Waals surface area contributed by atoms with Crippen LogP contribution in [0.2, 0.25) is 0 Å². The van der Waals surface area contributed by atoms with E-state index < -0.39 is 5.60 Å². The molecule has 4 heteroatoms. The second-order valence-corrected chi connectivity index (χ2v) is 13.8. The molecule has 0 bridgehead atoms. The summed E-state index contributed by atoms with van der Waals surface area (Å²) in [4.78, 5) is 24.5. The lowest BCUT2D eigenvalue weighted by Gasteiger charge is -2.65. The first kappa shape index (κ1) is 27.0. The van der Waals surface area contributed by atoms with Crippen molar-refractivity contribution >= 4 is 11.9 Å². The van der Waals surface area contributed by atoms with E-state index in [0.29, 0.717) is 17.3 Å². The molecule has 4 nitrogen and oxygen atoms in total. The Morgan fingerprint density at radius 3 is 2.26 bits per heavy atom. The van der Waals surface area contributed by atoms with Crippen molar-refractivity contribution in [3.8, 4) is 0 Å². The minimum atomic E-state index is -0.667. The summed E-state index contributed by atoms with van der Waals surface area (Å²) in [5.41, 5.74) is -0.345. The number of hydrogen-bond donors (Lipinski definition) is 0. The molecule has 0 aromatic heterocycles. The van der Waals surface area contributed by atoms with Gasteiger partial charge in [-0.1, -0.05) is 53.9 Å². The molecule has 35 heavy (non-hydrogen) atoms. The molecule has 0 amide bonds. The highest BCUT2D eigenvalue weighted by Crippen LogP contribution is 2.70. The van der Waals surface area contributed by atoms with Crippen molar-refractivity contribution in [3.63, 3.8) is 0 Å². The number of fused-ring (bicyclic) bond motifs is 5. The Kier molecular flexibility index (Phi) is 7.72. The smallest absolute Gasteiger partial charge is 0.303 e. The minimum Gasteiger partial charge on any atom is -0.458 e. The highest BCUT2D eigenvalue weighted by Gasteiger charge is 2.68. The predicted molar refractivity (Wildman–Crippen MR) is 140 cm³/mol. The first-order valence-electron chi connectivity index (χ1n) is 14.8. The summed E-state index contributed by atoms with van der Waals surface area (Å²) < 4.78 is 12.2. The van der Waals surface area contributed by atoms with Gasteiger partial charge in [0.2, 0.25) is 0 Å². The zero-order valence-electron chi connectivity index (χ0n) is 23.7. The van der Waals surface area contributed by atoms with E-state index in [-0.39, 0.29) is 23.5 Å². The summed E-state index contributed by atoms with van der Waals surface area (Å²) >= 11 is 0. The van der Waals surface area contributed by atoms with Gasteiger partial charge in [0.05, 0.1) is 0 Å². The Hall–Kier alpha value is -1.06. The molecule has 9 atom stereocenters. The summed E-state index contributed by atoms with van der Waals surface area (Å²) in [6, 6.07) is 0. The SMILES string of the molecule is CC(=O)O[C@H]1CCC[C@]2(C)[C@H]3CC[C@]4(C)[C@@H]([C@H](C)CCCC(C)C)CC[C@H]4[C@@H]3CC[C@@]12OC(C)=O. The van der Waals surface area contributed by atoms with Crippen LogP contribution in [0.5, 0.6) is 0 Å². The van der Waals surface area contributed by atoms with Crippen LogP contribution in [0.25, 0.3) is 0 Å². The zero-order valence-corrected chi connectivity index (χ0v) is 23.7. The van der Waals surface area contributed by atoms with Crippen LogP contribution in [0.3, 0.4) is 0 Å². The quantitative estimate of drug-likeness (QED) is 0.344. The third kappa shape index (κ3) is 4.58. The molecule has 4 saturated carbocycles. The Bertz CT molecular complexity index is 791. The molecule has 200 valence electrons. The summed E-state index contributed by atoms with van der Waals surface area (Å²) in [5, 5.41) is 0. The normalized spacial score (nSPS) is 43.6. The lowest BCUT2D eigenvalue weighted by atomic mass is 9.42. The van der Waals surface area contributed by atoms with E-state index in [9.17, 15) is 9.59 Å². The van der Waals surface area contributed by atoms with Crippen molar-refractivity contribution in [1.82, 2.24) is 0 Å². The minimum absolute atomic E-state index is 0.123. The van der Waals surface area contributed by atoms with Gasteiger partial charge in [0.15, 0.2) is 5.60 Å². The van der Waals surface area contributed by atoms with Gasteiger partial charge >= 0.3 is 11.9 Å². The van der Waals surface area contributed by atoms with Crippen LogP contribution in [0, 0.1) is 46.3 Å². The topological polar surface area (TPSA) is 52.6 Å². The fraction of sp³-hybridized carbons (Fsp3) is 0.935. The molecule has 4 rings (SSSR count). The van der Waals surface area contributed by atoms with Crippen molar-refractivity contribution < 1.29 is 19.1 Å². The Labute approximate surface area is 214 Å². The van der Waals surface area contributed by atoms with E-state index in [0.717, 1.165) is 55.8 Å². The van der Waals surface area contributed by atoms with Crippen LogP contribution < -0.4 is 0 Å². The van der Waals surface area contributed by atoms with Crippen molar-refractivity contribution in [2.75, 3.05) is 0 Å². The molecule has 0 unspecified atom stereocenters. The molecule has 4 fully saturated rings. The van der Waals surface area contributed by atoms with Crippen LogP contribution in [-0.4, -0.2) is 23.6 Å². The van der Waals surface area contributed by atoms with Gasteiger partial charge in [0.25, 0.3) is 0 Å². The second kappa shape index (κ2) is 10.0. The van der Waals surface area contributed by atoms with Crippen LogP contribution in [0.1, 0.15) is 126 Å². The maximum absolute atomic E-state index is 12.4. The number of carbonyl (C=O) groups excluding carboxylic acids is 2. The fourth-order valence-electron chi connectivity index (χ4n) is 10.1. The number of hydrogen-bond acceptors (Lipinski definition) is 4.